The van der Waals surface area contributed by atoms with E-state index < -0.39 is 0 Å². The lowest BCUT2D eigenvalue weighted by Crippen LogP contribution is -2.10. The van der Waals surface area contributed by atoms with Crippen LogP contribution in [0.4, 0.5) is 68.2 Å². The number of benzene rings is 12. The lowest BCUT2D eigenvalue weighted by atomic mass is 10.1. The first-order valence-corrected chi connectivity index (χ1v) is 26.6. The molecule has 0 fully saturated rings. The van der Waals surface area contributed by atoms with Crippen LogP contribution in [0.3, 0.4) is 0 Å². The molecular formula is C72H48N4O3. The Hall–Kier alpha value is -10.8. The van der Waals surface area contributed by atoms with Gasteiger partial charge in [-0.05, 0) is 109 Å². The fourth-order valence-corrected chi connectivity index (χ4v) is 11.6. The van der Waals surface area contributed by atoms with Crippen molar-refractivity contribution in [3.63, 3.8) is 0 Å². The van der Waals surface area contributed by atoms with E-state index in [-0.39, 0.29) is 0 Å². The summed E-state index contributed by atoms with van der Waals surface area (Å²) in [6, 6.07) is 101. The Kier molecular flexibility index (Phi) is 11.0. The number of anilines is 12. The molecule has 0 aliphatic rings. The Morgan fingerprint density at radius 1 is 0.152 bits per heavy atom. The van der Waals surface area contributed by atoms with Gasteiger partial charge in [-0.15, -0.1) is 0 Å². The van der Waals surface area contributed by atoms with E-state index in [4.69, 9.17) is 13.3 Å². The number of fused-ring (bicyclic) bond motifs is 9. The summed E-state index contributed by atoms with van der Waals surface area (Å²) in [6.07, 6.45) is 0. The average molecular weight is 1020 g/mol. The maximum atomic E-state index is 7.44. The second kappa shape index (κ2) is 19.1. The van der Waals surface area contributed by atoms with Crippen LogP contribution in [0, 0.1) is 0 Å². The average Bonchev–Trinajstić information content (AvgIpc) is 4.38. The monoisotopic (exact) mass is 1020 g/mol. The third-order valence-corrected chi connectivity index (χ3v) is 15.0. The van der Waals surface area contributed by atoms with Crippen LogP contribution in [0.15, 0.2) is 304 Å². The van der Waals surface area contributed by atoms with E-state index in [2.05, 4.69) is 287 Å². The van der Waals surface area contributed by atoms with E-state index in [1.807, 2.05) is 24.3 Å². The number of para-hydroxylation sites is 12. The lowest BCUT2D eigenvalue weighted by Gasteiger charge is -2.26. The minimum Gasteiger partial charge on any atom is -0.452 e. The minimum atomic E-state index is 0.739. The number of furan rings is 3. The Morgan fingerprint density at radius 2 is 0.316 bits per heavy atom. The predicted octanol–water partition coefficient (Wildman–Crippen LogP) is 21.3. The van der Waals surface area contributed by atoms with E-state index in [1.54, 1.807) is 0 Å². The van der Waals surface area contributed by atoms with Crippen LogP contribution < -0.4 is 19.6 Å². The topological polar surface area (TPSA) is 52.4 Å². The molecule has 0 aliphatic carbocycles. The summed E-state index contributed by atoms with van der Waals surface area (Å²) in [5, 5.41) is 6.02. The number of nitrogens with zero attached hydrogens (tertiary/aromatic N) is 4. The summed E-state index contributed by atoms with van der Waals surface area (Å²) in [5.41, 5.74) is 16.0. The first kappa shape index (κ1) is 45.6. The van der Waals surface area contributed by atoms with E-state index in [9.17, 15) is 0 Å². The molecule has 0 radical (unpaired) electrons. The molecule has 3 heterocycles. The van der Waals surface area contributed by atoms with Crippen LogP contribution in [0.25, 0.3) is 65.8 Å². The molecule has 7 nitrogen and oxygen atoms in total. The number of hydrogen-bond acceptors (Lipinski definition) is 7. The molecule has 0 unspecified atom stereocenters. The van der Waals surface area contributed by atoms with Gasteiger partial charge < -0.3 is 32.9 Å². The van der Waals surface area contributed by atoms with Gasteiger partial charge in [0.2, 0.25) is 0 Å². The highest BCUT2D eigenvalue weighted by atomic mass is 16.3. The standard InChI is InChI=1S/C72H48N4O3/c1-7-25-49(26-8-1)73(50-27-9-2-10-28-50)61-43-19-37-55-57-39-21-45-63(69(57)77-67(55)61)75(53-33-15-5-16-34-53)65-47-23-41-59-60-42-24-48-66(72(60)79-71(59)65)76(54-35-17-6-18-36-54)64-46-22-40-58-56-38-20-44-62(68(56)78-70(58)64)74(51-29-11-3-12-30-51)52-31-13-4-14-32-52/h1-48H. The van der Waals surface area contributed by atoms with Gasteiger partial charge in [0, 0.05) is 66.4 Å². The van der Waals surface area contributed by atoms with Crippen LogP contribution in [0.5, 0.6) is 0 Å². The maximum Gasteiger partial charge on any atom is 0.159 e. The molecular weight excluding hydrogens is 969 g/mol. The summed E-state index contributed by atoms with van der Waals surface area (Å²) in [6.45, 7) is 0. The largest absolute Gasteiger partial charge is 0.452 e. The van der Waals surface area contributed by atoms with Crippen molar-refractivity contribution in [2.24, 2.45) is 0 Å². The Bertz CT molecular complexity index is 4300. The van der Waals surface area contributed by atoms with Crippen LogP contribution >= 0.6 is 0 Å². The fourth-order valence-electron chi connectivity index (χ4n) is 11.6. The fraction of sp³-hybridized carbons (Fsp3) is 0. The summed E-state index contributed by atoms with van der Waals surface area (Å²) < 4.78 is 22.0. The van der Waals surface area contributed by atoms with Crippen molar-refractivity contribution in [3.8, 4) is 0 Å². The van der Waals surface area contributed by atoms with E-state index >= 15 is 0 Å². The second-order valence-corrected chi connectivity index (χ2v) is 19.6. The first-order valence-electron chi connectivity index (χ1n) is 26.6. The van der Waals surface area contributed by atoms with Gasteiger partial charge in [0.05, 0.1) is 34.1 Å². The molecule has 0 atom stereocenters. The molecule has 3 aromatic heterocycles. The smallest absolute Gasteiger partial charge is 0.159 e. The van der Waals surface area contributed by atoms with Crippen LogP contribution in [0.2, 0.25) is 0 Å². The van der Waals surface area contributed by atoms with Gasteiger partial charge >= 0.3 is 0 Å². The highest BCUT2D eigenvalue weighted by molar-refractivity contribution is 6.19. The van der Waals surface area contributed by atoms with E-state index in [0.29, 0.717) is 0 Å². The van der Waals surface area contributed by atoms with Gasteiger partial charge in [-0.3, -0.25) is 0 Å². The van der Waals surface area contributed by atoms with Crippen molar-refractivity contribution in [3.05, 3.63) is 291 Å². The molecule has 0 N–H and O–H groups in total. The molecule has 0 aliphatic heterocycles. The van der Waals surface area contributed by atoms with Crippen LogP contribution in [-0.2, 0) is 0 Å². The molecule has 7 heteroatoms. The molecule has 0 spiro atoms. The van der Waals surface area contributed by atoms with Gasteiger partial charge in [0.1, 0.15) is 0 Å². The maximum absolute atomic E-state index is 7.44. The van der Waals surface area contributed by atoms with Gasteiger partial charge in [0.25, 0.3) is 0 Å². The zero-order valence-corrected chi connectivity index (χ0v) is 42.7. The Labute approximate surface area is 455 Å². The van der Waals surface area contributed by atoms with Crippen molar-refractivity contribution in [2.45, 2.75) is 0 Å². The summed E-state index contributed by atoms with van der Waals surface area (Å²) in [4.78, 5) is 9.08. The van der Waals surface area contributed by atoms with Crippen molar-refractivity contribution in [2.75, 3.05) is 19.6 Å². The summed E-state index contributed by atoms with van der Waals surface area (Å²) in [5.74, 6) is 0. The predicted molar refractivity (Wildman–Crippen MR) is 327 cm³/mol. The highest BCUT2D eigenvalue weighted by Gasteiger charge is 2.29. The molecule has 0 amide bonds. The van der Waals surface area contributed by atoms with Crippen LogP contribution in [0.1, 0.15) is 0 Å². The lowest BCUT2D eigenvalue weighted by molar-refractivity contribution is 0.665. The first-order chi connectivity index (χ1) is 39.2. The number of rotatable bonds is 12. The van der Waals surface area contributed by atoms with Gasteiger partial charge in [-0.2, -0.15) is 0 Å². The highest BCUT2D eigenvalue weighted by Crippen LogP contribution is 2.52. The molecule has 79 heavy (non-hydrogen) atoms. The molecule has 12 aromatic carbocycles. The number of hydrogen-bond donors (Lipinski definition) is 0. The quantitative estimate of drug-likeness (QED) is 0.121. The van der Waals surface area contributed by atoms with Crippen molar-refractivity contribution in [1.29, 1.82) is 0 Å². The third kappa shape index (κ3) is 7.66. The van der Waals surface area contributed by atoms with Crippen molar-refractivity contribution < 1.29 is 13.3 Å². The third-order valence-electron chi connectivity index (χ3n) is 15.0. The minimum absolute atomic E-state index is 0.739. The van der Waals surface area contributed by atoms with Crippen molar-refractivity contribution in [1.82, 2.24) is 0 Å². The van der Waals surface area contributed by atoms with Gasteiger partial charge in [0.15, 0.2) is 33.5 Å². The molecule has 0 saturated carbocycles. The van der Waals surface area contributed by atoms with Gasteiger partial charge in [-0.25, -0.2) is 0 Å². The zero-order chi connectivity index (χ0) is 52.2. The normalized spacial score (nSPS) is 11.5. The summed E-state index contributed by atoms with van der Waals surface area (Å²) in [7, 11) is 0. The van der Waals surface area contributed by atoms with Crippen LogP contribution in [-0.4, -0.2) is 0 Å². The van der Waals surface area contributed by atoms with Gasteiger partial charge in [-0.1, -0.05) is 182 Å². The molecule has 0 saturated heterocycles. The Morgan fingerprint density at radius 3 is 0.506 bits per heavy atom. The summed E-state index contributed by atoms with van der Waals surface area (Å²) >= 11 is 0. The van der Waals surface area contributed by atoms with E-state index in [1.165, 1.54) is 0 Å². The van der Waals surface area contributed by atoms with E-state index in [0.717, 1.165) is 134 Å². The zero-order valence-electron chi connectivity index (χ0n) is 42.7. The SMILES string of the molecule is c1ccc(N(c2ccccc2)c2cccc3c2oc2c(N(c4ccccc4)c4cccc5c4oc4c(N(c6ccccc6)c6cccc7c6oc6c(N(c8ccccc8)c8ccccc8)cccc67)cccc45)cccc23)cc1. The molecule has 374 valence electrons. The second-order valence-electron chi connectivity index (χ2n) is 19.6. The molecule has 0 bridgehead atoms. The molecule has 15 rings (SSSR count). The molecule has 15 aromatic rings. The van der Waals surface area contributed by atoms with Crippen molar-refractivity contribution >= 4 is 134 Å². The Balaban J connectivity index is 0.922.